The second-order valence-electron chi connectivity index (χ2n) is 7.25. The summed E-state index contributed by atoms with van der Waals surface area (Å²) in [5, 5.41) is 0. The summed E-state index contributed by atoms with van der Waals surface area (Å²) in [6.07, 6.45) is 8.38. The van der Waals surface area contributed by atoms with E-state index in [2.05, 4.69) is 0 Å². The van der Waals surface area contributed by atoms with E-state index in [1.165, 1.54) is 27.1 Å². The van der Waals surface area contributed by atoms with Crippen molar-refractivity contribution in [2.24, 2.45) is 0 Å². The topological polar surface area (TPSA) is 88.1 Å². The van der Waals surface area contributed by atoms with Crippen LogP contribution in [0.1, 0.15) is 71.1 Å². The molecule has 0 saturated carbocycles. The van der Waals surface area contributed by atoms with Crippen LogP contribution in [0.2, 0.25) is 0 Å². The van der Waals surface area contributed by atoms with Gasteiger partial charge in [-0.25, -0.2) is 14.4 Å². The molecule has 0 bridgehead atoms. The minimum Gasteiger partial charge on any atom is -0.478 e. The van der Waals surface area contributed by atoms with E-state index >= 15 is 0 Å². The summed E-state index contributed by atoms with van der Waals surface area (Å²) in [5.74, 6) is -1.59. The zero-order valence-electron chi connectivity index (χ0n) is 17.7. The Morgan fingerprint density at radius 2 is 1.45 bits per heavy atom. The maximum atomic E-state index is 12.9. The number of esters is 3. The summed E-state index contributed by atoms with van der Waals surface area (Å²) < 4.78 is 20.9. The third-order valence-electron chi connectivity index (χ3n) is 5.31. The smallest absolute Gasteiger partial charge is 0.352 e. The predicted octanol–water partition coefficient (Wildman–Crippen LogP) is 3.76. The van der Waals surface area contributed by atoms with E-state index < -0.39 is 24.0 Å². The van der Waals surface area contributed by atoms with Crippen LogP contribution in [0.4, 0.5) is 0 Å². The number of methoxy groups -OCH3 is 2. The largest absolute Gasteiger partial charge is 0.478 e. The van der Waals surface area contributed by atoms with Crippen molar-refractivity contribution in [1.82, 2.24) is 0 Å². The Bertz CT molecular complexity index is 675. The van der Waals surface area contributed by atoms with Gasteiger partial charge in [-0.05, 0) is 26.2 Å². The molecule has 1 heterocycles. The van der Waals surface area contributed by atoms with Crippen LogP contribution >= 0.6 is 0 Å². The Labute approximate surface area is 172 Å². The number of rotatable bonds is 4. The Morgan fingerprint density at radius 3 is 2.00 bits per heavy atom. The van der Waals surface area contributed by atoms with Gasteiger partial charge in [-0.3, -0.25) is 0 Å². The van der Waals surface area contributed by atoms with E-state index in [1.807, 2.05) is 0 Å². The molecule has 0 amide bonds. The summed E-state index contributed by atoms with van der Waals surface area (Å²) in [6.45, 7) is 1.85. The molecule has 0 aromatic carbocycles. The first-order chi connectivity index (χ1) is 14.0. The van der Waals surface area contributed by atoms with Crippen LogP contribution in [0, 0.1) is 0 Å². The molecule has 0 spiro atoms. The first-order valence-electron chi connectivity index (χ1n) is 10.5. The number of carbonyl (C=O) groups excluding carboxylic acids is 3. The summed E-state index contributed by atoms with van der Waals surface area (Å²) in [7, 11) is 2.42. The van der Waals surface area contributed by atoms with Crippen LogP contribution in [-0.2, 0) is 33.3 Å². The van der Waals surface area contributed by atoms with Crippen LogP contribution in [0.15, 0.2) is 22.5 Å². The summed E-state index contributed by atoms with van der Waals surface area (Å²) in [6, 6.07) is 0. The van der Waals surface area contributed by atoms with Crippen LogP contribution in [0.3, 0.4) is 0 Å². The van der Waals surface area contributed by atoms with Crippen molar-refractivity contribution in [2.75, 3.05) is 20.8 Å². The Morgan fingerprint density at radius 1 is 0.862 bits per heavy atom. The van der Waals surface area contributed by atoms with Gasteiger partial charge in [0, 0.05) is 12.0 Å². The molecule has 1 aliphatic carbocycles. The zero-order valence-corrected chi connectivity index (χ0v) is 17.7. The molecule has 1 unspecified atom stereocenters. The van der Waals surface area contributed by atoms with E-state index in [0.29, 0.717) is 24.2 Å². The Kier molecular flexibility index (Phi) is 9.22. The van der Waals surface area contributed by atoms with Crippen molar-refractivity contribution < 1.29 is 33.3 Å². The van der Waals surface area contributed by atoms with Crippen LogP contribution in [0.5, 0.6) is 0 Å². The van der Waals surface area contributed by atoms with Crippen molar-refractivity contribution in [1.29, 1.82) is 0 Å². The van der Waals surface area contributed by atoms with Gasteiger partial charge in [-0.15, -0.1) is 0 Å². The van der Waals surface area contributed by atoms with Crippen molar-refractivity contribution in [2.45, 2.75) is 77.2 Å². The van der Waals surface area contributed by atoms with Gasteiger partial charge in [0.2, 0.25) is 6.10 Å². The number of hydrogen-bond donors (Lipinski definition) is 0. The lowest BCUT2D eigenvalue weighted by atomic mass is 9.87. The van der Waals surface area contributed by atoms with Gasteiger partial charge >= 0.3 is 17.9 Å². The van der Waals surface area contributed by atoms with Gasteiger partial charge in [0.1, 0.15) is 11.3 Å². The molecular formula is C22H32O7. The summed E-state index contributed by atoms with van der Waals surface area (Å²) >= 11 is 0. The highest BCUT2D eigenvalue weighted by Crippen LogP contribution is 2.37. The van der Waals surface area contributed by atoms with Crippen molar-refractivity contribution >= 4 is 17.9 Å². The molecule has 7 heteroatoms. The maximum absolute atomic E-state index is 12.9. The fourth-order valence-electron chi connectivity index (χ4n) is 3.86. The quantitative estimate of drug-likeness (QED) is 0.517. The number of ether oxygens (including phenoxy) is 4. The van der Waals surface area contributed by atoms with Crippen LogP contribution < -0.4 is 0 Å². The minimum atomic E-state index is -1.33. The highest BCUT2D eigenvalue weighted by atomic mass is 16.6. The zero-order chi connectivity index (χ0) is 21.2. The lowest BCUT2D eigenvalue weighted by molar-refractivity contribution is -0.153. The highest BCUT2D eigenvalue weighted by molar-refractivity contribution is 6.08. The molecule has 0 radical (unpaired) electrons. The molecule has 2 rings (SSSR count). The monoisotopic (exact) mass is 408 g/mol. The van der Waals surface area contributed by atoms with Crippen molar-refractivity contribution in [3.05, 3.63) is 22.5 Å². The van der Waals surface area contributed by atoms with Crippen LogP contribution in [-0.4, -0.2) is 44.8 Å². The van der Waals surface area contributed by atoms with Gasteiger partial charge in [0.15, 0.2) is 0 Å². The number of carbonyl (C=O) groups is 3. The second-order valence-corrected chi connectivity index (χ2v) is 7.25. The molecule has 1 atom stereocenters. The van der Waals surface area contributed by atoms with Gasteiger partial charge in [0.05, 0.1) is 26.4 Å². The highest BCUT2D eigenvalue weighted by Gasteiger charge is 2.42. The van der Waals surface area contributed by atoms with Crippen LogP contribution in [0.25, 0.3) is 0 Å². The van der Waals surface area contributed by atoms with E-state index in [-0.39, 0.29) is 17.8 Å². The fraction of sp³-hybridized carbons (Fsp3) is 0.682. The minimum absolute atomic E-state index is 0.104. The van der Waals surface area contributed by atoms with E-state index in [0.717, 1.165) is 38.5 Å². The lowest BCUT2D eigenvalue weighted by Gasteiger charge is -2.30. The standard InChI is InChI=1S/C22H32O7/c1-4-28-21(24)17-15-13-11-9-7-5-6-8-10-12-14-16(15)29-19(22(25)27-3)18(17)20(23)26-2/h19H,4-14H2,1-3H3. The molecule has 0 N–H and O–H groups in total. The SMILES string of the molecule is CCOC(=O)C1=C(C(=O)OC)C(C(=O)OC)OC2=C1CCCCCCCCCC2. The van der Waals surface area contributed by atoms with Crippen molar-refractivity contribution in [3.8, 4) is 0 Å². The molecule has 0 aromatic heterocycles. The molecule has 0 aromatic rings. The number of hydrogen-bond acceptors (Lipinski definition) is 7. The average Bonchev–Trinajstić information content (AvgIpc) is 2.72. The molecular weight excluding hydrogens is 376 g/mol. The third kappa shape index (κ3) is 5.84. The molecule has 29 heavy (non-hydrogen) atoms. The first kappa shape index (κ1) is 23.0. The lowest BCUT2D eigenvalue weighted by Crippen LogP contribution is -2.37. The summed E-state index contributed by atoms with van der Waals surface area (Å²) in [5.41, 5.74) is 0.626. The van der Waals surface area contributed by atoms with E-state index in [4.69, 9.17) is 18.9 Å². The maximum Gasteiger partial charge on any atom is 0.352 e. The summed E-state index contributed by atoms with van der Waals surface area (Å²) in [4.78, 5) is 37.9. The molecule has 0 saturated heterocycles. The van der Waals surface area contributed by atoms with Gasteiger partial charge in [-0.2, -0.15) is 0 Å². The third-order valence-corrected chi connectivity index (χ3v) is 5.31. The second kappa shape index (κ2) is 11.6. The molecule has 2 aliphatic rings. The van der Waals surface area contributed by atoms with Crippen molar-refractivity contribution in [3.63, 3.8) is 0 Å². The Hall–Kier alpha value is -2.31. The fourth-order valence-corrected chi connectivity index (χ4v) is 3.86. The van der Waals surface area contributed by atoms with Gasteiger partial charge in [-0.1, -0.05) is 38.5 Å². The molecule has 7 nitrogen and oxygen atoms in total. The van der Waals surface area contributed by atoms with Gasteiger partial charge in [0.25, 0.3) is 0 Å². The average molecular weight is 408 g/mol. The molecule has 1 aliphatic heterocycles. The normalized spacial score (nSPS) is 21.1. The van der Waals surface area contributed by atoms with Gasteiger partial charge < -0.3 is 18.9 Å². The number of allylic oxidation sites excluding steroid dienone is 1. The predicted molar refractivity (Wildman–Crippen MR) is 106 cm³/mol. The Balaban J connectivity index is 2.58. The van der Waals surface area contributed by atoms with E-state index in [9.17, 15) is 14.4 Å². The van der Waals surface area contributed by atoms with E-state index in [1.54, 1.807) is 6.92 Å². The first-order valence-corrected chi connectivity index (χ1v) is 10.5. The molecule has 162 valence electrons. The molecule has 0 fully saturated rings.